The highest BCUT2D eigenvalue weighted by Gasteiger charge is 2.13. The van der Waals surface area contributed by atoms with Crippen LogP contribution in [0, 0.1) is 6.92 Å². The smallest absolute Gasteiger partial charge is 0.326 e. The maximum atomic E-state index is 12.1. The fourth-order valence-electron chi connectivity index (χ4n) is 2.41. The van der Waals surface area contributed by atoms with Crippen LogP contribution in [0.5, 0.6) is 5.75 Å². The van der Waals surface area contributed by atoms with Crippen LogP contribution in [0.3, 0.4) is 0 Å². The average molecular weight is 382 g/mol. The summed E-state index contributed by atoms with van der Waals surface area (Å²) in [5.74, 6) is 0.131. The fourth-order valence-corrected chi connectivity index (χ4v) is 3.16. The van der Waals surface area contributed by atoms with E-state index in [1.165, 1.54) is 18.9 Å². The van der Waals surface area contributed by atoms with E-state index in [9.17, 15) is 9.59 Å². The number of anilines is 1. The predicted octanol–water partition coefficient (Wildman–Crippen LogP) is 3.39. The standard InChI is InChI=1S/C19H18N4O3S/c1-12-18(21-14-8-4-3-7-13(14)20-12)27-11-17(24)23-19(25)22-15-9-5-6-10-16(15)26-2/h3-10H,11H2,1-2H3,(H2,22,23,24,25). The Kier molecular flexibility index (Phi) is 5.87. The van der Waals surface area contributed by atoms with E-state index in [1.54, 1.807) is 24.3 Å². The van der Waals surface area contributed by atoms with E-state index >= 15 is 0 Å². The number of amides is 3. The van der Waals surface area contributed by atoms with E-state index in [4.69, 9.17) is 4.74 Å². The number of imide groups is 1. The monoisotopic (exact) mass is 382 g/mol. The molecule has 27 heavy (non-hydrogen) atoms. The molecule has 2 N–H and O–H groups in total. The predicted molar refractivity (Wildman–Crippen MR) is 105 cm³/mol. The number of hydrogen-bond acceptors (Lipinski definition) is 6. The van der Waals surface area contributed by atoms with Crippen molar-refractivity contribution in [1.82, 2.24) is 15.3 Å². The Hall–Kier alpha value is -3.13. The molecule has 138 valence electrons. The van der Waals surface area contributed by atoms with E-state index in [0.717, 1.165) is 16.7 Å². The van der Waals surface area contributed by atoms with Crippen molar-refractivity contribution in [2.45, 2.75) is 11.9 Å². The first-order valence-corrected chi connectivity index (χ1v) is 9.15. The van der Waals surface area contributed by atoms with Gasteiger partial charge in [0, 0.05) is 0 Å². The lowest BCUT2D eigenvalue weighted by molar-refractivity contribution is -0.117. The van der Waals surface area contributed by atoms with Gasteiger partial charge in [-0.3, -0.25) is 10.1 Å². The molecule has 0 unspecified atom stereocenters. The summed E-state index contributed by atoms with van der Waals surface area (Å²) >= 11 is 1.24. The molecule has 7 nitrogen and oxygen atoms in total. The molecule has 0 saturated heterocycles. The lowest BCUT2D eigenvalue weighted by Gasteiger charge is -2.10. The number of para-hydroxylation sites is 4. The van der Waals surface area contributed by atoms with Crippen molar-refractivity contribution < 1.29 is 14.3 Å². The third-order valence-corrected chi connectivity index (χ3v) is 4.72. The van der Waals surface area contributed by atoms with Gasteiger partial charge in [-0.05, 0) is 31.2 Å². The van der Waals surface area contributed by atoms with Gasteiger partial charge in [0.25, 0.3) is 0 Å². The van der Waals surface area contributed by atoms with Crippen molar-refractivity contribution in [2.75, 3.05) is 18.2 Å². The summed E-state index contributed by atoms with van der Waals surface area (Å²) in [6.07, 6.45) is 0. The highest BCUT2D eigenvalue weighted by molar-refractivity contribution is 7.99. The number of aromatic nitrogens is 2. The number of aryl methyl sites for hydroxylation is 1. The van der Waals surface area contributed by atoms with Crippen LogP contribution in [0.1, 0.15) is 5.69 Å². The number of nitrogens with zero attached hydrogens (tertiary/aromatic N) is 2. The molecule has 0 bridgehead atoms. The highest BCUT2D eigenvalue weighted by Crippen LogP contribution is 2.23. The van der Waals surface area contributed by atoms with Gasteiger partial charge in [-0.1, -0.05) is 36.0 Å². The molecule has 1 aromatic heterocycles. The molecule has 8 heteroatoms. The Balaban J connectivity index is 1.58. The summed E-state index contributed by atoms with van der Waals surface area (Å²) in [4.78, 5) is 33.1. The van der Waals surface area contributed by atoms with E-state index in [-0.39, 0.29) is 5.75 Å². The minimum Gasteiger partial charge on any atom is -0.495 e. The van der Waals surface area contributed by atoms with Crippen LogP contribution in [0.2, 0.25) is 0 Å². The number of urea groups is 1. The van der Waals surface area contributed by atoms with Gasteiger partial charge in [0.1, 0.15) is 10.8 Å². The van der Waals surface area contributed by atoms with Crippen LogP contribution in [0.15, 0.2) is 53.6 Å². The molecule has 0 radical (unpaired) electrons. The van der Waals surface area contributed by atoms with Crippen LogP contribution < -0.4 is 15.4 Å². The van der Waals surface area contributed by atoms with Crippen molar-refractivity contribution in [3.8, 4) is 5.75 Å². The molecular weight excluding hydrogens is 364 g/mol. The zero-order valence-corrected chi connectivity index (χ0v) is 15.7. The number of fused-ring (bicyclic) bond motifs is 1. The van der Waals surface area contributed by atoms with Gasteiger partial charge < -0.3 is 10.1 Å². The number of hydrogen-bond donors (Lipinski definition) is 2. The molecule has 0 aliphatic rings. The van der Waals surface area contributed by atoms with Crippen molar-refractivity contribution >= 4 is 40.4 Å². The topological polar surface area (TPSA) is 93.2 Å². The van der Waals surface area contributed by atoms with Crippen molar-refractivity contribution in [3.05, 3.63) is 54.2 Å². The largest absolute Gasteiger partial charge is 0.495 e. The lowest BCUT2D eigenvalue weighted by atomic mass is 10.3. The lowest BCUT2D eigenvalue weighted by Crippen LogP contribution is -2.35. The van der Waals surface area contributed by atoms with E-state index in [2.05, 4.69) is 20.6 Å². The molecule has 0 aliphatic heterocycles. The summed E-state index contributed by atoms with van der Waals surface area (Å²) in [5.41, 5.74) is 2.79. The Labute approximate surface area is 160 Å². The molecule has 3 aromatic rings. The van der Waals surface area contributed by atoms with Gasteiger partial charge in [-0.15, -0.1) is 0 Å². The molecule has 2 aromatic carbocycles. The van der Waals surface area contributed by atoms with Gasteiger partial charge in [0.05, 0.1) is 35.3 Å². The van der Waals surface area contributed by atoms with Crippen molar-refractivity contribution in [2.24, 2.45) is 0 Å². The van der Waals surface area contributed by atoms with Crippen LogP contribution in [0.4, 0.5) is 10.5 Å². The van der Waals surface area contributed by atoms with Crippen LogP contribution in [-0.4, -0.2) is 34.8 Å². The second-order valence-electron chi connectivity index (χ2n) is 5.59. The van der Waals surface area contributed by atoms with Gasteiger partial charge >= 0.3 is 6.03 Å². The SMILES string of the molecule is COc1ccccc1NC(=O)NC(=O)CSc1nc2ccccc2nc1C. The third-order valence-electron chi connectivity index (χ3n) is 3.65. The molecule has 0 spiro atoms. The van der Waals surface area contributed by atoms with Crippen molar-refractivity contribution in [3.63, 3.8) is 0 Å². The second-order valence-corrected chi connectivity index (χ2v) is 6.56. The van der Waals surface area contributed by atoms with Gasteiger partial charge in [-0.25, -0.2) is 14.8 Å². The van der Waals surface area contributed by atoms with E-state index in [0.29, 0.717) is 16.5 Å². The molecule has 0 aliphatic carbocycles. The number of methoxy groups -OCH3 is 1. The Morgan fingerprint density at radius 3 is 2.44 bits per heavy atom. The van der Waals surface area contributed by atoms with Gasteiger partial charge in [0.15, 0.2) is 0 Å². The highest BCUT2D eigenvalue weighted by atomic mass is 32.2. The van der Waals surface area contributed by atoms with E-state index < -0.39 is 11.9 Å². The number of benzene rings is 2. The molecule has 0 atom stereocenters. The number of carbonyl (C=O) groups is 2. The first kappa shape index (κ1) is 18.7. The van der Waals surface area contributed by atoms with Crippen LogP contribution in [-0.2, 0) is 4.79 Å². The van der Waals surface area contributed by atoms with Gasteiger partial charge in [0.2, 0.25) is 5.91 Å². The number of carbonyl (C=O) groups excluding carboxylic acids is 2. The molecule has 0 saturated carbocycles. The quantitative estimate of drug-likeness (QED) is 0.657. The zero-order chi connectivity index (χ0) is 19.2. The molecule has 1 heterocycles. The Morgan fingerprint density at radius 1 is 1.04 bits per heavy atom. The molecule has 3 amide bonds. The number of rotatable bonds is 5. The fraction of sp³-hybridized carbons (Fsp3) is 0.158. The maximum Gasteiger partial charge on any atom is 0.326 e. The normalized spacial score (nSPS) is 10.4. The molecule has 3 rings (SSSR count). The van der Waals surface area contributed by atoms with Crippen LogP contribution in [0.25, 0.3) is 11.0 Å². The summed E-state index contributed by atoms with van der Waals surface area (Å²) in [5, 5.41) is 5.55. The minimum absolute atomic E-state index is 0.0488. The number of nitrogens with one attached hydrogen (secondary N) is 2. The maximum absolute atomic E-state index is 12.1. The summed E-state index contributed by atoms with van der Waals surface area (Å²) in [6.45, 7) is 1.84. The summed E-state index contributed by atoms with van der Waals surface area (Å²) in [6, 6.07) is 13.9. The van der Waals surface area contributed by atoms with Gasteiger partial charge in [-0.2, -0.15) is 0 Å². The molecule has 0 fully saturated rings. The Morgan fingerprint density at radius 2 is 1.70 bits per heavy atom. The first-order valence-electron chi connectivity index (χ1n) is 8.17. The second kappa shape index (κ2) is 8.50. The number of ether oxygens (including phenoxy) is 1. The Bertz CT molecular complexity index is 994. The summed E-state index contributed by atoms with van der Waals surface area (Å²) in [7, 11) is 1.51. The van der Waals surface area contributed by atoms with Crippen molar-refractivity contribution in [1.29, 1.82) is 0 Å². The average Bonchev–Trinajstić information content (AvgIpc) is 2.66. The summed E-state index contributed by atoms with van der Waals surface area (Å²) < 4.78 is 5.16. The van der Waals surface area contributed by atoms with E-state index in [1.807, 2.05) is 31.2 Å². The molecular formula is C19H18N4O3S. The number of thioether (sulfide) groups is 1. The zero-order valence-electron chi connectivity index (χ0n) is 14.9. The third kappa shape index (κ3) is 4.73. The first-order chi connectivity index (χ1) is 13.1. The minimum atomic E-state index is -0.619. The van der Waals surface area contributed by atoms with Crippen LogP contribution >= 0.6 is 11.8 Å².